The van der Waals surface area contributed by atoms with Gasteiger partial charge in [-0.15, -0.1) is 0 Å². The molecule has 1 fully saturated rings. The fourth-order valence-corrected chi connectivity index (χ4v) is 4.12. The molecule has 4 rings (SSSR count). The summed E-state index contributed by atoms with van der Waals surface area (Å²) in [6, 6.07) is 19.2. The van der Waals surface area contributed by atoms with Crippen LogP contribution in [0.5, 0.6) is 0 Å². The molecular weight excluding hydrogens is 390 g/mol. The topological polar surface area (TPSA) is 80.2 Å². The maximum atomic E-state index is 12.5. The zero-order chi connectivity index (χ0) is 21.8. The molecule has 3 aromatic rings. The van der Waals surface area contributed by atoms with E-state index in [0.717, 1.165) is 16.8 Å². The number of benzene rings is 2. The fraction of sp³-hybridized carbons (Fsp3) is 0.240. The van der Waals surface area contributed by atoms with Gasteiger partial charge in [-0.2, -0.15) is 0 Å². The first-order valence-electron chi connectivity index (χ1n) is 10.5. The van der Waals surface area contributed by atoms with Crippen molar-refractivity contribution in [2.45, 2.75) is 38.0 Å². The Labute approximate surface area is 181 Å². The lowest BCUT2D eigenvalue weighted by molar-refractivity contribution is -0.138. The number of carbonyl (C=O) groups is 3. The van der Waals surface area contributed by atoms with Gasteiger partial charge in [0.25, 0.3) is 0 Å². The first-order chi connectivity index (χ1) is 15.0. The molecule has 1 aromatic heterocycles. The van der Waals surface area contributed by atoms with E-state index >= 15 is 0 Å². The number of nitrogens with one attached hydrogen (secondary N) is 2. The molecule has 2 heterocycles. The lowest BCUT2D eigenvalue weighted by Gasteiger charge is -2.35. The molecule has 1 atom stereocenters. The van der Waals surface area contributed by atoms with Crippen LogP contribution in [0, 0.1) is 0 Å². The second-order valence-electron chi connectivity index (χ2n) is 7.87. The lowest BCUT2D eigenvalue weighted by Crippen LogP contribution is -2.51. The third-order valence-electron chi connectivity index (χ3n) is 5.99. The lowest BCUT2D eigenvalue weighted by atomic mass is 9.72. The number of aromatic nitrogens is 1. The van der Waals surface area contributed by atoms with Gasteiger partial charge >= 0.3 is 0 Å². The molecule has 0 bridgehead atoms. The van der Waals surface area contributed by atoms with E-state index in [0.29, 0.717) is 24.9 Å². The van der Waals surface area contributed by atoms with E-state index in [1.807, 2.05) is 84.5 Å². The normalized spacial score (nSPS) is 18.5. The van der Waals surface area contributed by atoms with Gasteiger partial charge in [0.05, 0.1) is 11.8 Å². The van der Waals surface area contributed by atoms with E-state index < -0.39 is 5.41 Å². The molecule has 0 spiro atoms. The van der Waals surface area contributed by atoms with Crippen molar-refractivity contribution in [1.82, 2.24) is 9.88 Å². The van der Waals surface area contributed by atoms with Crippen LogP contribution in [0.15, 0.2) is 73.1 Å². The van der Waals surface area contributed by atoms with Crippen LogP contribution < -0.4 is 10.6 Å². The van der Waals surface area contributed by atoms with Gasteiger partial charge in [0.15, 0.2) is 0 Å². The summed E-state index contributed by atoms with van der Waals surface area (Å²) in [5.41, 5.74) is 2.81. The summed E-state index contributed by atoms with van der Waals surface area (Å²) in [6.07, 6.45) is 5.67. The Morgan fingerprint density at radius 3 is 2.32 bits per heavy atom. The first kappa shape index (κ1) is 20.6. The summed E-state index contributed by atoms with van der Waals surface area (Å²) < 4.78 is 2.01. The summed E-state index contributed by atoms with van der Waals surface area (Å²) in [6.45, 7) is 1.95. The van der Waals surface area contributed by atoms with Gasteiger partial charge in [0, 0.05) is 30.2 Å². The highest BCUT2D eigenvalue weighted by atomic mass is 16.2. The van der Waals surface area contributed by atoms with Crippen LogP contribution >= 0.6 is 0 Å². The van der Waals surface area contributed by atoms with E-state index in [1.165, 1.54) is 0 Å². The zero-order valence-corrected chi connectivity index (χ0v) is 17.4. The van der Waals surface area contributed by atoms with E-state index in [4.69, 9.17) is 0 Å². The molecular formula is C25H25N3O3. The van der Waals surface area contributed by atoms with Crippen molar-refractivity contribution < 1.29 is 14.4 Å². The number of amides is 3. The third kappa shape index (κ3) is 4.28. The minimum absolute atomic E-state index is 0.104. The van der Waals surface area contributed by atoms with Crippen molar-refractivity contribution in [3.8, 4) is 5.69 Å². The summed E-state index contributed by atoms with van der Waals surface area (Å²) in [5, 5.41) is 5.37. The second-order valence-corrected chi connectivity index (χ2v) is 7.87. The molecule has 6 nitrogen and oxygen atoms in total. The predicted octanol–water partition coefficient (Wildman–Crippen LogP) is 3.74. The molecule has 1 aliphatic rings. The number of piperidine rings is 1. The highest BCUT2D eigenvalue weighted by molar-refractivity contribution is 6.03. The van der Waals surface area contributed by atoms with E-state index in [-0.39, 0.29) is 24.1 Å². The van der Waals surface area contributed by atoms with Crippen LogP contribution in [0.4, 0.5) is 5.69 Å². The zero-order valence-electron chi connectivity index (χ0n) is 17.4. The van der Waals surface area contributed by atoms with Gasteiger partial charge in [-0.25, -0.2) is 0 Å². The molecule has 158 valence electrons. The Morgan fingerprint density at radius 1 is 1.03 bits per heavy atom. The Kier molecular flexibility index (Phi) is 5.71. The summed E-state index contributed by atoms with van der Waals surface area (Å²) in [7, 11) is 0. The largest absolute Gasteiger partial charge is 0.326 e. The maximum Gasteiger partial charge on any atom is 0.237 e. The van der Waals surface area contributed by atoms with Gasteiger partial charge in [0.1, 0.15) is 0 Å². The summed E-state index contributed by atoms with van der Waals surface area (Å²) in [5.74, 6) is -0.571. The SMILES string of the molecule is CCC1(c2ccc(NC(=O)Cc3ccc(-n4cccc4)cc3)cc2)CCC(=O)NC1=O. The molecule has 0 aliphatic carbocycles. The monoisotopic (exact) mass is 415 g/mol. The van der Waals surface area contributed by atoms with E-state index in [9.17, 15) is 14.4 Å². The van der Waals surface area contributed by atoms with E-state index in [1.54, 1.807) is 0 Å². The van der Waals surface area contributed by atoms with Gasteiger partial charge in [-0.05, 0) is 60.4 Å². The molecule has 1 aliphatic heterocycles. The minimum atomic E-state index is -0.697. The Balaban J connectivity index is 1.40. The van der Waals surface area contributed by atoms with E-state index in [2.05, 4.69) is 10.6 Å². The average molecular weight is 415 g/mol. The highest BCUT2D eigenvalue weighted by Gasteiger charge is 2.42. The maximum absolute atomic E-state index is 12.5. The minimum Gasteiger partial charge on any atom is -0.326 e. The molecule has 6 heteroatoms. The molecule has 3 amide bonds. The fourth-order valence-electron chi connectivity index (χ4n) is 4.12. The molecule has 1 saturated heterocycles. The van der Waals surface area contributed by atoms with Crippen molar-refractivity contribution in [2.75, 3.05) is 5.32 Å². The first-order valence-corrected chi connectivity index (χ1v) is 10.5. The summed E-state index contributed by atoms with van der Waals surface area (Å²) >= 11 is 0. The van der Waals surface area contributed by atoms with Gasteiger partial charge in [0.2, 0.25) is 17.7 Å². The Hall–Kier alpha value is -3.67. The molecule has 1 unspecified atom stereocenters. The van der Waals surface area contributed by atoms with Crippen LogP contribution in [0.1, 0.15) is 37.3 Å². The van der Waals surface area contributed by atoms with Crippen molar-refractivity contribution in [1.29, 1.82) is 0 Å². The van der Waals surface area contributed by atoms with Crippen molar-refractivity contribution in [3.05, 3.63) is 84.2 Å². The summed E-state index contributed by atoms with van der Waals surface area (Å²) in [4.78, 5) is 36.5. The number of hydrogen-bond donors (Lipinski definition) is 2. The standard InChI is InChI=1S/C25H25N3O3/c1-2-25(14-13-22(29)27-24(25)31)19-7-9-20(10-8-19)26-23(30)17-18-5-11-21(12-6-18)28-15-3-4-16-28/h3-12,15-16H,2,13-14,17H2,1H3,(H,26,30)(H,27,29,31). The number of carbonyl (C=O) groups excluding carboxylic acids is 3. The highest BCUT2D eigenvalue weighted by Crippen LogP contribution is 2.36. The molecule has 2 aromatic carbocycles. The van der Waals surface area contributed by atoms with Crippen LogP contribution in [0.3, 0.4) is 0 Å². The number of imide groups is 1. The molecule has 0 saturated carbocycles. The van der Waals surface area contributed by atoms with Crippen LogP contribution in [0.2, 0.25) is 0 Å². The molecule has 2 N–H and O–H groups in total. The second kappa shape index (κ2) is 8.60. The quantitative estimate of drug-likeness (QED) is 0.602. The van der Waals surface area contributed by atoms with Crippen LogP contribution in [0.25, 0.3) is 5.69 Å². The van der Waals surface area contributed by atoms with Crippen molar-refractivity contribution in [3.63, 3.8) is 0 Å². The van der Waals surface area contributed by atoms with Crippen LogP contribution in [-0.2, 0) is 26.2 Å². The van der Waals surface area contributed by atoms with Crippen molar-refractivity contribution in [2.24, 2.45) is 0 Å². The smallest absolute Gasteiger partial charge is 0.237 e. The average Bonchev–Trinajstić information content (AvgIpc) is 3.30. The number of nitrogens with zero attached hydrogens (tertiary/aromatic N) is 1. The Bertz CT molecular complexity index is 1090. The van der Waals surface area contributed by atoms with Gasteiger partial charge < -0.3 is 9.88 Å². The number of anilines is 1. The Morgan fingerprint density at radius 2 is 1.71 bits per heavy atom. The number of rotatable bonds is 6. The number of hydrogen-bond acceptors (Lipinski definition) is 3. The molecule has 0 radical (unpaired) electrons. The van der Waals surface area contributed by atoms with Crippen LogP contribution in [-0.4, -0.2) is 22.3 Å². The third-order valence-corrected chi connectivity index (χ3v) is 5.99. The predicted molar refractivity (Wildman–Crippen MR) is 119 cm³/mol. The van der Waals surface area contributed by atoms with Gasteiger partial charge in [-0.3, -0.25) is 19.7 Å². The van der Waals surface area contributed by atoms with Gasteiger partial charge in [-0.1, -0.05) is 31.2 Å². The molecule has 31 heavy (non-hydrogen) atoms. The van der Waals surface area contributed by atoms with Crippen molar-refractivity contribution >= 4 is 23.4 Å².